The monoisotopic (exact) mass is 249 g/mol. The van der Waals surface area contributed by atoms with Gasteiger partial charge in [0, 0.05) is 13.2 Å². The van der Waals surface area contributed by atoms with Gasteiger partial charge in [-0.05, 0) is 31.4 Å². The van der Waals surface area contributed by atoms with Crippen molar-refractivity contribution >= 4 is 0 Å². The molecule has 0 amide bonds. The smallest absolute Gasteiger partial charge is 0.0859 e. The molecule has 1 aromatic carbocycles. The Morgan fingerprint density at radius 3 is 2.67 bits per heavy atom. The van der Waals surface area contributed by atoms with E-state index in [1.165, 1.54) is 0 Å². The lowest BCUT2D eigenvalue weighted by molar-refractivity contribution is -0.0187. The van der Waals surface area contributed by atoms with E-state index in [-0.39, 0.29) is 18.6 Å². The van der Waals surface area contributed by atoms with Gasteiger partial charge in [0.05, 0.1) is 11.6 Å². The van der Waals surface area contributed by atoms with Crippen LogP contribution in [0.2, 0.25) is 0 Å². The molecule has 2 rings (SSSR count). The third kappa shape index (κ3) is 2.58. The molecule has 0 bridgehead atoms. The van der Waals surface area contributed by atoms with Crippen LogP contribution in [-0.4, -0.2) is 40.9 Å². The van der Waals surface area contributed by atoms with E-state index in [0.29, 0.717) is 6.42 Å². The molecular weight excluding hydrogens is 226 g/mol. The molecule has 1 heterocycles. The SMILES string of the molecule is CC(CO)CC1(O)CCN(C)C1c1ccccc1. The highest BCUT2D eigenvalue weighted by Gasteiger charge is 2.45. The lowest BCUT2D eigenvalue weighted by atomic mass is 9.82. The second-order valence-corrected chi connectivity index (χ2v) is 5.64. The maximum Gasteiger partial charge on any atom is 0.0859 e. The lowest BCUT2D eigenvalue weighted by Crippen LogP contribution is -2.38. The molecule has 3 heteroatoms. The summed E-state index contributed by atoms with van der Waals surface area (Å²) in [5.74, 6) is 0.132. The van der Waals surface area contributed by atoms with Crippen LogP contribution in [0.15, 0.2) is 30.3 Å². The van der Waals surface area contributed by atoms with Crippen LogP contribution in [0.3, 0.4) is 0 Å². The van der Waals surface area contributed by atoms with Crippen molar-refractivity contribution in [3.05, 3.63) is 35.9 Å². The molecule has 0 aliphatic carbocycles. The molecule has 3 nitrogen and oxygen atoms in total. The minimum Gasteiger partial charge on any atom is -0.396 e. The van der Waals surface area contributed by atoms with Crippen LogP contribution in [-0.2, 0) is 0 Å². The fourth-order valence-electron chi connectivity index (χ4n) is 3.13. The fraction of sp³-hybridized carbons (Fsp3) is 0.600. The predicted molar refractivity (Wildman–Crippen MR) is 72.2 cm³/mol. The molecule has 1 aliphatic rings. The number of likely N-dealkylation sites (N-methyl/N-ethyl adjacent to an activating group) is 1. The van der Waals surface area contributed by atoms with Gasteiger partial charge in [-0.3, -0.25) is 4.90 Å². The molecular formula is C15H23NO2. The van der Waals surface area contributed by atoms with Crippen LogP contribution in [0.4, 0.5) is 0 Å². The van der Waals surface area contributed by atoms with Crippen LogP contribution in [0, 0.1) is 5.92 Å². The van der Waals surface area contributed by atoms with E-state index in [1.54, 1.807) is 0 Å². The summed E-state index contributed by atoms with van der Waals surface area (Å²) < 4.78 is 0. The van der Waals surface area contributed by atoms with Crippen LogP contribution in [0.25, 0.3) is 0 Å². The maximum atomic E-state index is 10.9. The second-order valence-electron chi connectivity index (χ2n) is 5.64. The molecule has 0 saturated carbocycles. The molecule has 1 aliphatic heterocycles. The highest BCUT2D eigenvalue weighted by Crippen LogP contribution is 2.43. The summed E-state index contributed by atoms with van der Waals surface area (Å²) in [4.78, 5) is 2.21. The number of aliphatic hydroxyl groups excluding tert-OH is 1. The minimum absolute atomic E-state index is 0.0349. The molecule has 2 N–H and O–H groups in total. The van der Waals surface area contributed by atoms with Crippen molar-refractivity contribution < 1.29 is 10.2 Å². The first-order valence-corrected chi connectivity index (χ1v) is 6.65. The van der Waals surface area contributed by atoms with E-state index in [4.69, 9.17) is 0 Å². The van der Waals surface area contributed by atoms with E-state index in [9.17, 15) is 10.2 Å². The topological polar surface area (TPSA) is 43.7 Å². The van der Waals surface area contributed by atoms with Gasteiger partial charge in [0.15, 0.2) is 0 Å². The molecule has 1 aromatic rings. The normalized spacial score (nSPS) is 30.6. The van der Waals surface area contributed by atoms with Crippen molar-refractivity contribution in [2.45, 2.75) is 31.4 Å². The largest absolute Gasteiger partial charge is 0.396 e. The number of aliphatic hydroxyl groups is 2. The first-order chi connectivity index (χ1) is 8.57. The zero-order chi connectivity index (χ0) is 13.2. The van der Waals surface area contributed by atoms with Crippen LogP contribution < -0.4 is 0 Å². The predicted octanol–water partition coefficient (Wildman–Crippen LogP) is 1.81. The Balaban J connectivity index is 2.24. The summed E-state index contributed by atoms with van der Waals surface area (Å²) in [6.45, 7) is 3.01. The quantitative estimate of drug-likeness (QED) is 0.855. The fourth-order valence-corrected chi connectivity index (χ4v) is 3.13. The van der Waals surface area contributed by atoms with Gasteiger partial charge < -0.3 is 10.2 Å². The summed E-state index contributed by atoms with van der Waals surface area (Å²) in [7, 11) is 2.05. The molecule has 0 aromatic heterocycles. The number of likely N-dealkylation sites (tertiary alicyclic amines) is 1. The van der Waals surface area contributed by atoms with Crippen molar-refractivity contribution in [2.75, 3.05) is 20.2 Å². The maximum absolute atomic E-state index is 10.9. The molecule has 0 spiro atoms. The van der Waals surface area contributed by atoms with Crippen molar-refractivity contribution in [1.29, 1.82) is 0 Å². The Kier molecular flexibility index (Phi) is 4.05. The van der Waals surface area contributed by atoms with Crippen molar-refractivity contribution in [1.82, 2.24) is 4.90 Å². The van der Waals surface area contributed by atoms with Crippen LogP contribution in [0.5, 0.6) is 0 Å². The Labute approximate surface area is 109 Å². The summed E-state index contributed by atoms with van der Waals surface area (Å²) >= 11 is 0. The van der Waals surface area contributed by atoms with Gasteiger partial charge in [-0.25, -0.2) is 0 Å². The summed E-state index contributed by atoms with van der Waals surface area (Å²) in [6.07, 6.45) is 1.42. The zero-order valence-corrected chi connectivity index (χ0v) is 11.2. The van der Waals surface area contributed by atoms with E-state index >= 15 is 0 Å². The first kappa shape index (κ1) is 13.5. The highest BCUT2D eigenvalue weighted by molar-refractivity contribution is 5.24. The number of benzene rings is 1. The van der Waals surface area contributed by atoms with E-state index < -0.39 is 5.60 Å². The third-order valence-electron chi connectivity index (χ3n) is 3.98. The molecule has 100 valence electrons. The Morgan fingerprint density at radius 1 is 1.39 bits per heavy atom. The Morgan fingerprint density at radius 2 is 2.06 bits per heavy atom. The third-order valence-corrected chi connectivity index (χ3v) is 3.98. The zero-order valence-electron chi connectivity index (χ0n) is 11.2. The van der Waals surface area contributed by atoms with E-state index in [2.05, 4.69) is 24.1 Å². The minimum atomic E-state index is -0.724. The Bertz CT molecular complexity index is 381. The number of nitrogens with zero attached hydrogens (tertiary/aromatic N) is 1. The second kappa shape index (κ2) is 5.39. The van der Waals surface area contributed by atoms with Crippen LogP contribution in [0.1, 0.15) is 31.4 Å². The van der Waals surface area contributed by atoms with Gasteiger partial charge in [-0.15, -0.1) is 0 Å². The number of hydrogen-bond acceptors (Lipinski definition) is 3. The number of hydrogen-bond donors (Lipinski definition) is 2. The van der Waals surface area contributed by atoms with Gasteiger partial charge in [-0.2, -0.15) is 0 Å². The van der Waals surface area contributed by atoms with Crippen molar-refractivity contribution in [3.63, 3.8) is 0 Å². The first-order valence-electron chi connectivity index (χ1n) is 6.65. The van der Waals surface area contributed by atoms with Crippen molar-refractivity contribution in [2.24, 2.45) is 5.92 Å². The van der Waals surface area contributed by atoms with E-state index in [0.717, 1.165) is 18.5 Å². The van der Waals surface area contributed by atoms with Gasteiger partial charge in [0.1, 0.15) is 0 Å². The average Bonchev–Trinajstić information content (AvgIpc) is 2.66. The summed E-state index contributed by atoms with van der Waals surface area (Å²) in [5, 5.41) is 20.1. The van der Waals surface area contributed by atoms with Gasteiger partial charge in [-0.1, -0.05) is 37.3 Å². The number of rotatable bonds is 4. The standard InChI is InChI=1S/C15H23NO2/c1-12(11-17)10-15(18)8-9-16(2)14(15)13-6-4-3-5-7-13/h3-7,12,14,17-18H,8-11H2,1-2H3. The van der Waals surface area contributed by atoms with Gasteiger partial charge in [0.25, 0.3) is 0 Å². The average molecular weight is 249 g/mol. The molecule has 1 fully saturated rings. The Hall–Kier alpha value is -0.900. The van der Waals surface area contributed by atoms with Gasteiger partial charge >= 0.3 is 0 Å². The van der Waals surface area contributed by atoms with Crippen LogP contribution >= 0.6 is 0 Å². The summed E-state index contributed by atoms with van der Waals surface area (Å²) in [6, 6.07) is 10.2. The molecule has 1 saturated heterocycles. The molecule has 3 unspecified atom stereocenters. The summed E-state index contributed by atoms with van der Waals surface area (Å²) in [5.41, 5.74) is 0.434. The molecule has 18 heavy (non-hydrogen) atoms. The van der Waals surface area contributed by atoms with Crippen molar-refractivity contribution in [3.8, 4) is 0 Å². The molecule has 3 atom stereocenters. The highest BCUT2D eigenvalue weighted by atomic mass is 16.3. The lowest BCUT2D eigenvalue weighted by Gasteiger charge is -2.34. The van der Waals surface area contributed by atoms with E-state index in [1.807, 2.05) is 25.1 Å². The molecule has 0 radical (unpaired) electrons. The van der Waals surface area contributed by atoms with Gasteiger partial charge in [0.2, 0.25) is 0 Å².